The van der Waals surface area contributed by atoms with Gasteiger partial charge in [0.15, 0.2) is 5.13 Å². The normalized spacial score (nSPS) is 10.7. The molecule has 0 saturated carbocycles. The minimum Gasteiger partial charge on any atom is -0.329 e. The van der Waals surface area contributed by atoms with Gasteiger partial charge in [-0.1, -0.05) is 40.9 Å². The molecule has 0 aliphatic rings. The maximum absolute atomic E-state index is 13.8. The number of thiazole rings is 1. The van der Waals surface area contributed by atoms with E-state index in [1.807, 2.05) is 5.38 Å². The van der Waals surface area contributed by atoms with Gasteiger partial charge in [-0.15, -0.1) is 11.3 Å². The van der Waals surface area contributed by atoms with Gasteiger partial charge in [0.05, 0.1) is 21.4 Å². The van der Waals surface area contributed by atoms with E-state index < -0.39 is 5.82 Å². The van der Waals surface area contributed by atoms with Crippen molar-refractivity contribution in [2.45, 2.75) is 0 Å². The first-order valence-corrected chi connectivity index (χ1v) is 8.18. The molecule has 0 fully saturated rings. The van der Waals surface area contributed by atoms with Crippen LogP contribution in [0.1, 0.15) is 0 Å². The van der Waals surface area contributed by atoms with Crippen molar-refractivity contribution in [2.24, 2.45) is 0 Å². The first-order valence-electron chi connectivity index (χ1n) is 6.16. The van der Waals surface area contributed by atoms with Crippen molar-refractivity contribution in [3.8, 4) is 11.3 Å². The Morgan fingerprint density at radius 3 is 2.45 bits per heavy atom. The number of halogens is 4. The fourth-order valence-corrected chi connectivity index (χ4v) is 3.36. The standard InChI is InChI=1S/C15H8Cl3FN2S/c16-8-4-5-12(11(19)6-8)20-15-21-13(7-22-15)14-9(17)2-1-3-10(14)18/h1-7H,(H,20,21). The van der Waals surface area contributed by atoms with Crippen molar-refractivity contribution in [1.29, 1.82) is 0 Å². The summed E-state index contributed by atoms with van der Waals surface area (Å²) < 4.78 is 13.8. The smallest absolute Gasteiger partial charge is 0.187 e. The van der Waals surface area contributed by atoms with E-state index in [1.54, 1.807) is 30.3 Å². The van der Waals surface area contributed by atoms with Gasteiger partial charge < -0.3 is 5.32 Å². The molecule has 0 aliphatic heterocycles. The Morgan fingerprint density at radius 2 is 1.77 bits per heavy atom. The number of benzene rings is 2. The lowest BCUT2D eigenvalue weighted by atomic mass is 10.2. The number of hydrogen-bond donors (Lipinski definition) is 1. The van der Waals surface area contributed by atoms with E-state index >= 15 is 0 Å². The average Bonchev–Trinajstić information content (AvgIpc) is 2.90. The van der Waals surface area contributed by atoms with E-state index in [-0.39, 0.29) is 0 Å². The Morgan fingerprint density at radius 1 is 1.05 bits per heavy atom. The highest BCUT2D eigenvalue weighted by atomic mass is 35.5. The molecular formula is C15H8Cl3FN2S. The summed E-state index contributed by atoms with van der Waals surface area (Å²) in [4.78, 5) is 4.40. The van der Waals surface area contributed by atoms with Gasteiger partial charge in [-0.05, 0) is 30.3 Å². The summed E-state index contributed by atoms with van der Waals surface area (Å²) in [5.74, 6) is -0.444. The minimum atomic E-state index is -0.444. The molecule has 2 aromatic carbocycles. The minimum absolute atomic E-state index is 0.301. The van der Waals surface area contributed by atoms with Crippen molar-refractivity contribution >= 4 is 57.0 Å². The van der Waals surface area contributed by atoms with Crippen LogP contribution in [0.25, 0.3) is 11.3 Å². The second-order valence-corrected chi connectivity index (χ2v) is 6.49. The highest BCUT2D eigenvalue weighted by Crippen LogP contribution is 2.36. The fourth-order valence-electron chi connectivity index (χ4n) is 1.89. The first-order chi connectivity index (χ1) is 10.5. The van der Waals surface area contributed by atoms with E-state index in [9.17, 15) is 4.39 Å². The molecule has 1 N–H and O–H groups in total. The van der Waals surface area contributed by atoms with Gasteiger partial charge in [0.1, 0.15) is 5.82 Å². The topological polar surface area (TPSA) is 24.9 Å². The molecular weight excluding hydrogens is 366 g/mol. The third kappa shape index (κ3) is 3.20. The van der Waals surface area contributed by atoms with Crippen LogP contribution >= 0.6 is 46.1 Å². The molecule has 0 spiro atoms. The lowest BCUT2D eigenvalue weighted by Crippen LogP contribution is -1.93. The summed E-state index contributed by atoms with van der Waals surface area (Å²) in [5.41, 5.74) is 1.60. The SMILES string of the molecule is Fc1cc(Cl)ccc1Nc1nc(-c2c(Cl)cccc2Cl)cs1. The van der Waals surface area contributed by atoms with E-state index in [4.69, 9.17) is 34.8 Å². The van der Waals surface area contributed by atoms with E-state index in [2.05, 4.69) is 10.3 Å². The largest absolute Gasteiger partial charge is 0.329 e. The predicted molar refractivity (Wildman–Crippen MR) is 92.3 cm³/mol. The number of anilines is 2. The van der Waals surface area contributed by atoms with E-state index in [1.165, 1.54) is 17.4 Å². The third-order valence-electron chi connectivity index (χ3n) is 2.90. The zero-order chi connectivity index (χ0) is 15.7. The highest BCUT2D eigenvalue weighted by Gasteiger charge is 2.13. The Balaban J connectivity index is 1.91. The first kappa shape index (κ1) is 15.6. The van der Waals surface area contributed by atoms with Crippen LogP contribution < -0.4 is 5.32 Å². The lowest BCUT2D eigenvalue weighted by molar-refractivity contribution is 0.632. The maximum Gasteiger partial charge on any atom is 0.187 e. The Bertz CT molecular complexity index is 815. The zero-order valence-electron chi connectivity index (χ0n) is 10.9. The lowest BCUT2D eigenvalue weighted by Gasteiger charge is -2.05. The van der Waals surface area contributed by atoms with Gasteiger partial charge in [0.2, 0.25) is 0 Å². The summed E-state index contributed by atoms with van der Waals surface area (Å²) in [7, 11) is 0. The highest BCUT2D eigenvalue weighted by molar-refractivity contribution is 7.14. The molecule has 22 heavy (non-hydrogen) atoms. The number of hydrogen-bond acceptors (Lipinski definition) is 3. The van der Waals surface area contributed by atoms with Crippen LogP contribution in [0.4, 0.5) is 15.2 Å². The zero-order valence-corrected chi connectivity index (χ0v) is 14.0. The molecule has 0 amide bonds. The Hall–Kier alpha value is -1.33. The molecule has 1 aromatic heterocycles. The molecule has 7 heteroatoms. The fraction of sp³-hybridized carbons (Fsp3) is 0. The van der Waals surface area contributed by atoms with Crippen LogP contribution in [0, 0.1) is 5.82 Å². The Labute approximate surface area is 145 Å². The van der Waals surface area contributed by atoms with Gasteiger partial charge in [-0.3, -0.25) is 0 Å². The average molecular weight is 374 g/mol. The second-order valence-electron chi connectivity index (χ2n) is 4.38. The van der Waals surface area contributed by atoms with Gasteiger partial charge in [0, 0.05) is 16.0 Å². The van der Waals surface area contributed by atoms with Crippen LogP contribution in [0.5, 0.6) is 0 Å². The van der Waals surface area contributed by atoms with Crippen LogP contribution in [0.15, 0.2) is 41.8 Å². The molecule has 0 bridgehead atoms. The Kier molecular flexibility index (Phi) is 4.54. The molecule has 3 aromatic rings. The number of nitrogens with zero attached hydrogens (tertiary/aromatic N) is 1. The molecule has 3 rings (SSSR count). The van der Waals surface area contributed by atoms with Crippen molar-refractivity contribution < 1.29 is 4.39 Å². The van der Waals surface area contributed by atoms with Crippen LogP contribution in [-0.2, 0) is 0 Å². The summed E-state index contributed by atoms with van der Waals surface area (Å²) in [6.07, 6.45) is 0. The van der Waals surface area contributed by atoms with Crippen molar-refractivity contribution in [3.05, 3.63) is 62.7 Å². The summed E-state index contributed by atoms with van der Waals surface area (Å²) in [6, 6.07) is 9.65. The monoisotopic (exact) mass is 372 g/mol. The van der Waals surface area contributed by atoms with Crippen LogP contribution in [-0.4, -0.2) is 4.98 Å². The van der Waals surface area contributed by atoms with Gasteiger partial charge in [0.25, 0.3) is 0 Å². The van der Waals surface area contributed by atoms with Crippen molar-refractivity contribution in [3.63, 3.8) is 0 Å². The van der Waals surface area contributed by atoms with Crippen molar-refractivity contribution in [2.75, 3.05) is 5.32 Å². The summed E-state index contributed by atoms with van der Waals surface area (Å²) in [5, 5.41) is 6.63. The molecule has 0 unspecified atom stereocenters. The quantitative estimate of drug-likeness (QED) is 0.555. The molecule has 0 aliphatic carbocycles. The summed E-state index contributed by atoms with van der Waals surface area (Å²) in [6.45, 7) is 0. The molecule has 0 radical (unpaired) electrons. The van der Waals surface area contributed by atoms with E-state index in [0.717, 1.165) is 0 Å². The van der Waals surface area contributed by atoms with Gasteiger partial charge >= 0.3 is 0 Å². The summed E-state index contributed by atoms with van der Waals surface area (Å²) >= 11 is 19.4. The third-order valence-corrected chi connectivity index (χ3v) is 4.52. The molecule has 112 valence electrons. The number of rotatable bonds is 3. The van der Waals surface area contributed by atoms with Gasteiger partial charge in [-0.2, -0.15) is 0 Å². The second kappa shape index (κ2) is 6.42. The van der Waals surface area contributed by atoms with E-state index in [0.29, 0.717) is 37.1 Å². The number of aromatic nitrogens is 1. The maximum atomic E-state index is 13.8. The van der Waals surface area contributed by atoms with Crippen LogP contribution in [0.3, 0.4) is 0 Å². The van der Waals surface area contributed by atoms with Crippen LogP contribution in [0.2, 0.25) is 15.1 Å². The molecule has 2 nitrogen and oxygen atoms in total. The molecule has 1 heterocycles. The number of nitrogens with one attached hydrogen (secondary N) is 1. The molecule has 0 saturated heterocycles. The van der Waals surface area contributed by atoms with Gasteiger partial charge in [-0.25, -0.2) is 9.37 Å². The predicted octanol–water partition coefficient (Wildman–Crippen LogP) is 6.65. The van der Waals surface area contributed by atoms with Crippen molar-refractivity contribution in [1.82, 2.24) is 4.98 Å². The molecule has 0 atom stereocenters.